The zero-order valence-corrected chi connectivity index (χ0v) is 11.7. The van der Waals surface area contributed by atoms with Crippen LogP contribution in [0.5, 0.6) is 0 Å². The molecule has 18 heavy (non-hydrogen) atoms. The SMILES string of the molecule is C[C@@H]1CCC[C@H](CC(=O)O[C@H]2CCS(=O)(=O)C2)C1. The fourth-order valence-corrected chi connectivity index (χ4v) is 4.66. The third-order valence-corrected chi connectivity index (χ3v) is 5.73. The molecular formula is C13H22O4S. The molecule has 0 unspecified atom stereocenters. The van der Waals surface area contributed by atoms with Crippen LogP contribution >= 0.6 is 0 Å². The van der Waals surface area contributed by atoms with E-state index >= 15 is 0 Å². The molecule has 0 aromatic heterocycles. The summed E-state index contributed by atoms with van der Waals surface area (Å²) in [5, 5.41) is 0. The van der Waals surface area contributed by atoms with Crippen LogP contribution in [-0.2, 0) is 19.4 Å². The van der Waals surface area contributed by atoms with Crippen molar-refractivity contribution >= 4 is 15.8 Å². The van der Waals surface area contributed by atoms with E-state index in [4.69, 9.17) is 4.74 Å². The van der Waals surface area contributed by atoms with Crippen molar-refractivity contribution in [3.8, 4) is 0 Å². The van der Waals surface area contributed by atoms with Crippen LogP contribution < -0.4 is 0 Å². The minimum atomic E-state index is -2.96. The van der Waals surface area contributed by atoms with Gasteiger partial charge in [-0.25, -0.2) is 8.42 Å². The molecule has 1 aliphatic heterocycles. The Hall–Kier alpha value is -0.580. The van der Waals surface area contributed by atoms with Gasteiger partial charge in [-0.1, -0.05) is 19.8 Å². The third kappa shape index (κ3) is 3.97. The van der Waals surface area contributed by atoms with Gasteiger partial charge in [-0.05, 0) is 31.1 Å². The molecule has 0 bridgehead atoms. The summed E-state index contributed by atoms with van der Waals surface area (Å²) in [7, 11) is -2.96. The number of esters is 1. The van der Waals surface area contributed by atoms with Gasteiger partial charge in [-0.3, -0.25) is 4.79 Å². The summed E-state index contributed by atoms with van der Waals surface area (Å²) in [6.07, 6.45) is 5.17. The molecule has 0 radical (unpaired) electrons. The van der Waals surface area contributed by atoms with E-state index in [0.29, 0.717) is 24.7 Å². The molecule has 1 saturated heterocycles. The Kier molecular flexibility index (Phi) is 4.30. The maximum Gasteiger partial charge on any atom is 0.306 e. The fourth-order valence-electron chi connectivity index (χ4n) is 3.07. The Bertz CT molecular complexity index is 401. The monoisotopic (exact) mass is 274 g/mol. The van der Waals surface area contributed by atoms with Crippen LogP contribution in [0.1, 0.15) is 45.4 Å². The number of carbonyl (C=O) groups excluding carboxylic acids is 1. The highest BCUT2D eigenvalue weighted by Gasteiger charge is 2.31. The van der Waals surface area contributed by atoms with Crippen LogP contribution in [0.4, 0.5) is 0 Å². The quantitative estimate of drug-likeness (QED) is 0.738. The summed E-state index contributed by atoms with van der Waals surface area (Å²) in [5.41, 5.74) is 0. The minimum Gasteiger partial charge on any atom is -0.461 e. The summed E-state index contributed by atoms with van der Waals surface area (Å²) in [5.74, 6) is 1.09. The van der Waals surface area contributed by atoms with Gasteiger partial charge in [-0.15, -0.1) is 0 Å². The summed E-state index contributed by atoms with van der Waals surface area (Å²) >= 11 is 0. The van der Waals surface area contributed by atoms with E-state index in [1.54, 1.807) is 0 Å². The lowest BCUT2D eigenvalue weighted by molar-refractivity contribution is -0.149. The van der Waals surface area contributed by atoms with Crippen molar-refractivity contribution in [2.75, 3.05) is 11.5 Å². The molecule has 0 N–H and O–H groups in total. The van der Waals surface area contributed by atoms with E-state index < -0.39 is 15.9 Å². The van der Waals surface area contributed by atoms with Crippen molar-refractivity contribution in [2.45, 2.75) is 51.6 Å². The number of sulfone groups is 1. The molecule has 4 nitrogen and oxygen atoms in total. The first-order valence-corrected chi connectivity index (χ1v) is 8.66. The molecule has 0 amide bonds. The number of hydrogen-bond donors (Lipinski definition) is 0. The normalized spacial score (nSPS) is 35.3. The van der Waals surface area contributed by atoms with Gasteiger partial charge in [-0.2, -0.15) is 0 Å². The Morgan fingerprint density at radius 1 is 1.28 bits per heavy atom. The number of carbonyl (C=O) groups is 1. The molecule has 104 valence electrons. The van der Waals surface area contributed by atoms with E-state index in [-0.39, 0.29) is 17.5 Å². The van der Waals surface area contributed by atoms with Gasteiger partial charge < -0.3 is 4.74 Å². The van der Waals surface area contributed by atoms with E-state index in [0.717, 1.165) is 12.8 Å². The maximum absolute atomic E-state index is 11.8. The van der Waals surface area contributed by atoms with Crippen molar-refractivity contribution in [3.63, 3.8) is 0 Å². The van der Waals surface area contributed by atoms with Crippen LogP contribution in [0.3, 0.4) is 0 Å². The molecule has 2 aliphatic rings. The summed E-state index contributed by atoms with van der Waals surface area (Å²) in [6, 6.07) is 0. The largest absolute Gasteiger partial charge is 0.461 e. The highest BCUT2D eigenvalue weighted by Crippen LogP contribution is 2.31. The highest BCUT2D eigenvalue weighted by atomic mass is 32.2. The van der Waals surface area contributed by atoms with Gasteiger partial charge in [0.15, 0.2) is 9.84 Å². The average Bonchev–Trinajstić information content (AvgIpc) is 2.57. The van der Waals surface area contributed by atoms with Crippen LogP contribution in [0.25, 0.3) is 0 Å². The first-order valence-electron chi connectivity index (χ1n) is 6.84. The molecule has 1 heterocycles. The van der Waals surface area contributed by atoms with Crippen LogP contribution in [-0.4, -0.2) is 32.0 Å². The lowest BCUT2D eigenvalue weighted by atomic mass is 9.81. The van der Waals surface area contributed by atoms with E-state index in [1.807, 2.05) is 0 Å². The lowest BCUT2D eigenvalue weighted by Crippen LogP contribution is -2.23. The van der Waals surface area contributed by atoms with Crippen molar-refractivity contribution < 1.29 is 17.9 Å². The van der Waals surface area contributed by atoms with Crippen molar-refractivity contribution in [1.82, 2.24) is 0 Å². The Balaban J connectivity index is 1.75. The second-order valence-corrected chi connectivity index (χ2v) is 8.09. The number of hydrogen-bond acceptors (Lipinski definition) is 4. The van der Waals surface area contributed by atoms with Crippen molar-refractivity contribution in [2.24, 2.45) is 11.8 Å². The standard InChI is InChI=1S/C13H22O4S/c1-10-3-2-4-11(7-10)8-13(14)17-12-5-6-18(15,16)9-12/h10-12H,2-9H2,1H3/t10-,11+,12+/m1/s1. The summed E-state index contributed by atoms with van der Waals surface area (Å²) in [4.78, 5) is 11.8. The summed E-state index contributed by atoms with van der Waals surface area (Å²) in [6.45, 7) is 2.22. The Morgan fingerprint density at radius 3 is 2.67 bits per heavy atom. The molecule has 2 rings (SSSR count). The van der Waals surface area contributed by atoms with Crippen LogP contribution in [0.2, 0.25) is 0 Å². The highest BCUT2D eigenvalue weighted by molar-refractivity contribution is 7.91. The zero-order chi connectivity index (χ0) is 13.2. The van der Waals surface area contributed by atoms with Gasteiger partial charge in [0.1, 0.15) is 6.10 Å². The van der Waals surface area contributed by atoms with Crippen LogP contribution in [0.15, 0.2) is 0 Å². The predicted molar refractivity (Wildman–Crippen MR) is 68.9 cm³/mol. The average molecular weight is 274 g/mol. The zero-order valence-electron chi connectivity index (χ0n) is 10.9. The van der Waals surface area contributed by atoms with Gasteiger partial charge in [0.25, 0.3) is 0 Å². The van der Waals surface area contributed by atoms with Crippen molar-refractivity contribution in [3.05, 3.63) is 0 Å². The van der Waals surface area contributed by atoms with E-state index in [9.17, 15) is 13.2 Å². The summed E-state index contributed by atoms with van der Waals surface area (Å²) < 4.78 is 27.8. The maximum atomic E-state index is 11.8. The van der Waals surface area contributed by atoms with Gasteiger partial charge in [0.05, 0.1) is 11.5 Å². The fraction of sp³-hybridized carbons (Fsp3) is 0.923. The molecule has 0 spiro atoms. The first-order chi connectivity index (χ1) is 8.44. The second kappa shape index (κ2) is 5.59. The van der Waals surface area contributed by atoms with Crippen LogP contribution in [0, 0.1) is 11.8 Å². The molecule has 0 aromatic carbocycles. The Morgan fingerprint density at radius 2 is 2.06 bits per heavy atom. The van der Waals surface area contributed by atoms with Gasteiger partial charge in [0, 0.05) is 6.42 Å². The number of ether oxygens (including phenoxy) is 1. The van der Waals surface area contributed by atoms with E-state index in [2.05, 4.69) is 6.92 Å². The lowest BCUT2D eigenvalue weighted by Gasteiger charge is -2.26. The first kappa shape index (κ1) is 13.8. The van der Waals surface area contributed by atoms with Gasteiger partial charge in [0.2, 0.25) is 0 Å². The molecule has 1 aliphatic carbocycles. The minimum absolute atomic E-state index is 0.0137. The van der Waals surface area contributed by atoms with Crippen molar-refractivity contribution in [1.29, 1.82) is 0 Å². The van der Waals surface area contributed by atoms with Gasteiger partial charge >= 0.3 is 5.97 Å². The molecule has 1 saturated carbocycles. The van der Waals surface area contributed by atoms with E-state index in [1.165, 1.54) is 12.8 Å². The topological polar surface area (TPSA) is 60.4 Å². The molecular weight excluding hydrogens is 252 g/mol. The molecule has 2 fully saturated rings. The smallest absolute Gasteiger partial charge is 0.306 e. The third-order valence-electron chi connectivity index (χ3n) is 3.99. The number of rotatable bonds is 3. The molecule has 3 atom stereocenters. The second-order valence-electron chi connectivity index (χ2n) is 5.86. The molecule has 0 aromatic rings. The predicted octanol–water partition coefficient (Wildman–Crippen LogP) is 1.93. The molecule has 5 heteroatoms. The Labute approximate surface area is 109 Å².